The zero-order valence-electron chi connectivity index (χ0n) is 10.8. The first-order chi connectivity index (χ1) is 8.79. The molecule has 0 aromatic carbocycles. The molecule has 3 heterocycles. The first-order valence-electron chi connectivity index (χ1n) is 6.72. The smallest absolute Gasteiger partial charge is 0.115 e. The van der Waals surface area contributed by atoms with Crippen LogP contribution in [0, 0.1) is 5.92 Å². The third-order valence-corrected chi connectivity index (χ3v) is 4.73. The van der Waals surface area contributed by atoms with Crippen molar-refractivity contribution in [3.8, 4) is 0 Å². The molecular weight excluding hydrogens is 226 g/mol. The lowest BCUT2D eigenvalue weighted by Gasteiger charge is -2.39. The molecular formula is C13H21N5. The average molecular weight is 247 g/mol. The van der Waals surface area contributed by atoms with E-state index in [1.54, 1.807) is 6.33 Å². The second-order valence-corrected chi connectivity index (χ2v) is 5.60. The van der Waals surface area contributed by atoms with Crippen molar-refractivity contribution in [1.82, 2.24) is 20.3 Å². The summed E-state index contributed by atoms with van der Waals surface area (Å²) in [6, 6.07) is 1.64. The van der Waals surface area contributed by atoms with Crippen molar-refractivity contribution >= 4 is 0 Å². The van der Waals surface area contributed by atoms with Gasteiger partial charge in [-0.15, -0.1) is 0 Å². The van der Waals surface area contributed by atoms with Gasteiger partial charge < -0.3 is 4.90 Å². The van der Waals surface area contributed by atoms with Gasteiger partial charge in [-0.25, -0.2) is 9.97 Å². The van der Waals surface area contributed by atoms with Gasteiger partial charge in [-0.3, -0.25) is 11.3 Å². The molecule has 0 amide bonds. The maximum atomic E-state index is 5.76. The Balaban J connectivity index is 1.78. The lowest BCUT2D eigenvalue weighted by atomic mass is 9.83. The molecule has 2 fully saturated rings. The Morgan fingerprint density at radius 2 is 1.89 bits per heavy atom. The first kappa shape index (κ1) is 12.0. The maximum absolute atomic E-state index is 5.76. The largest absolute Gasteiger partial charge is 0.300 e. The van der Waals surface area contributed by atoms with Crippen molar-refractivity contribution in [3.05, 3.63) is 24.3 Å². The van der Waals surface area contributed by atoms with Crippen molar-refractivity contribution in [1.29, 1.82) is 0 Å². The summed E-state index contributed by atoms with van der Waals surface area (Å²) in [6.07, 6.45) is 10.4. The van der Waals surface area contributed by atoms with Gasteiger partial charge in [0, 0.05) is 30.0 Å². The van der Waals surface area contributed by atoms with E-state index in [2.05, 4.69) is 27.3 Å². The molecule has 3 rings (SSSR count). The lowest BCUT2D eigenvalue weighted by Crippen LogP contribution is -2.45. The Kier molecular flexibility index (Phi) is 3.28. The molecule has 2 saturated heterocycles. The van der Waals surface area contributed by atoms with Gasteiger partial charge in [0.1, 0.15) is 6.33 Å². The molecule has 0 saturated carbocycles. The molecule has 2 aliphatic heterocycles. The van der Waals surface area contributed by atoms with Crippen molar-refractivity contribution < 1.29 is 0 Å². The van der Waals surface area contributed by atoms with Crippen LogP contribution in [0.4, 0.5) is 0 Å². The van der Waals surface area contributed by atoms with Crippen molar-refractivity contribution in [3.63, 3.8) is 0 Å². The summed E-state index contributed by atoms with van der Waals surface area (Å²) in [5.74, 6) is 6.35. The highest BCUT2D eigenvalue weighted by atomic mass is 15.2. The summed E-state index contributed by atoms with van der Waals surface area (Å²) >= 11 is 0. The van der Waals surface area contributed by atoms with Gasteiger partial charge in [-0.2, -0.15) is 0 Å². The fourth-order valence-electron chi connectivity index (χ4n) is 3.70. The number of hydrogen-bond donors (Lipinski definition) is 2. The number of fused-ring (bicyclic) bond motifs is 2. The van der Waals surface area contributed by atoms with E-state index in [9.17, 15) is 0 Å². The summed E-state index contributed by atoms with van der Waals surface area (Å²) in [5.41, 5.74) is 4.08. The van der Waals surface area contributed by atoms with E-state index < -0.39 is 0 Å². The van der Waals surface area contributed by atoms with Gasteiger partial charge in [-0.05, 0) is 38.6 Å². The van der Waals surface area contributed by atoms with Crippen LogP contribution in [0.25, 0.3) is 0 Å². The number of rotatable bonds is 3. The summed E-state index contributed by atoms with van der Waals surface area (Å²) in [4.78, 5) is 10.7. The van der Waals surface area contributed by atoms with Gasteiger partial charge in [0.05, 0.1) is 6.04 Å². The van der Waals surface area contributed by atoms with Crippen molar-refractivity contribution in [2.45, 2.75) is 43.8 Å². The normalized spacial score (nSPS) is 33.6. The molecule has 5 heteroatoms. The summed E-state index contributed by atoms with van der Waals surface area (Å²) in [7, 11) is 2.26. The molecule has 0 spiro atoms. The van der Waals surface area contributed by atoms with Crippen LogP contribution in [0.2, 0.25) is 0 Å². The average Bonchev–Trinajstić information content (AvgIpc) is 2.64. The van der Waals surface area contributed by atoms with Crippen LogP contribution >= 0.6 is 0 Å². The first-order valence-corrected chi connectivity index (χ1v) is 6.72. The van der Waals surface area contributed by atoms with Crippen LogP contribution in [-0.4, -0.2) is 34.0 Å². The predicted octanol–water partition coefficient (Wildman–Crippen LogP) is 0.854. The standard InChI is InChI=1S/C13H21N5/c1-18-11-2-3-12(18)5-9(4-11)13(17-14)10-6-15-8-16-7-10/h6-9,11-13,17H,2-5,14H2,1H3. The van der Waals surface area contributed by atoms with E-state index in [0.29, 0.717) is 5.92 Å². The molecule has 3 unspecified atom stereocenters. The minimum absolute atomic E-state index is 0.183. The van der Waals surface area contributed by atoms with Crippen molar-refractivity contribution in [2.24, 2.45) is 11.8 Å². The minimum Gasteiger partial charge on any atom is -0.300 e. The third kappa shape index (κ3) is 2.02. The third-order valence-electron chi connectivity index (χ3n) is 4.73. The molecule has 0 aliphatic carbocycles. The predicted molar refractivity (Wildman–Crippen MR) is 69.4 cm³/mol. The molecule has 2 bridgehead atoms. The summed E-state index contributed by atoms with van der Waals surface area (Å²) in [5, 5.41) is 0. The molecule has 1 aromatic heterocycles. The molecule has 2 aliphatic rings. The van der Waals surface area contributed by atoms with E-state index in [-0.39, 0.29) is 6.04 Å². The Morgan fingerprint density at radius 1 is 1.28 bits per heavy atom. The fourth-order valence-corrected chi connectivity index (χ4v) is 3.70. The quantitative estimate of drug-likeness (QED) is 0.612. The summed E-state index contributed by atoms with van der Waals surface area (Å²) in [6.45, 7) is 0. The number of nitrogens with two attached hydrogens (primary N) is 1. The van der Waals surface area contributed by atoms with E-state index in [1.807, 2.05) is 12.4 Å². The van der Waals surface area contributed by atoms with Crippen LogP contribution in [0.1, 0.15) is 37.3 Å². The number of aromatic nitrogens is 2. The highest BCUT2D eigenvalue weighted by molar-refractivity contribution is 5.12. The molecule has 0 radical (unpaired) electrons. The lowest BCUT2D eigenvalue weighted by molar-refractivity contribution is 0.112. The van der Waals surface area contributed by atoms with Crippen molar-refractivity contribution in [2.75, 3.05) is 7.05 Å². The van der Waals surface area contributed by atoms with Gasteiger partial charge in [0.25, 0.3) is 0 Å². The number of piperidine rings is 1. The van der Waals surface area contributed by atoms with Gasteiger partial charge in [-0.1, -0.05) is 0 Å². The Hall–Kier alpha value is -1.04. The van der Waals surface area contributed by atoms with Crippen LogP contribution < -0.4 is 11.3 Å². The second kappa shape index (κ2) is 4.91. The molecule has 1 aromatic rings. The number of nitrogens with one attached hydrogen (secondary N) is 1. The number of hydrogen-bond acceptors (Lipinski definition) is 5. The fraction of sp³-hybridized carbons (Fsp3) is 0.692. The van der Waals surface area contributed by atoms with E-state index in [1.165, 1.54) is 25.7 Å². The minimum atomic E-state index is 0.183. The number of hydrazine groups is 1. The Labute approximate surface area is 108 Å². The van der Waals surface area contributed by atoms with Crippen LogP contribution in [0.3, 0.4) is 0 Å². The zero-order chi connectivity index (χ0) is 12.5. The van der Waals surface area contributed by atoms with E-state index in [0.717, 1.165) is 17.6 Å². The van der Waals surface area contributed by atoms with Gasteiger partial charge in [0.2, 0.25) is 0 Å². The molecule has 98 valence electrons. The van der Waals surface area contributed by atoms with Gasteiger partial charge >= 0.3 is 0 Å². The second-order valence-electron chi connectivity index (χ2n) is 5.60. The zero-order valence-corrected chi connectivity index (χ0v) is 10.8. The van der Waals surface area contributed by atoms with Crippen LogP contribution in [0.15, 0.2) is 18.7 Å². The maximum Gasteiger partial charge on any atom is 0.115 e. The monoisotopic (exact) mass is 247 g/mol. The Bertz CT molecular complexity index is 382. The topological polar surface area (TPSA) is 67.1 Å². The van der Waals surface area contributed by atoms with Crippen LogP contribution in [-0.2, 0) is 0 Å². The van der Waals surface area contributed by atoms with Crippen LogP contribution in [0.5, 0.6) is 0 Å². The Morgan fingerprint density at radius 3 is 2.44 bits per heavy atom. The molecule has 3 N–H and O–H groups in total. The van der Waals surface area contributed by atoms with Gasteiger partial charge in [0.15, 0.2) is 0 Å². The van der Waals surface area contributed by atoms with E-state index in [4.69, 9.17) is 5.84 Å². The molecule has 5 nitrogen and oxygen atoms in total. The highest BCUT2D eigenvalue weighted by Crippen LogP contribution is 2.41. The molecule has 3 atom stereocenters. The van der Waals surface area contributed by atoms with E-state index >= 15 is 0 Å². The molecule has 18 heavy (non-hydrogen) atoms. The SMILES string of the molecule is CN1C2CCC1CC(C(NN)c1cncnc1)C2. The highest BCUT2D eigenvalue weighted by Gasteiger charge is 2.41. The number of nitrogens with zero attached hydrogens (tertiary/aromatic N) is 3. The summed E-state index contributed by atoms with van der Waals surface area (Å²) < 4.78 is 0.